The van der Waals surface area contributed by atoms with Crippen LogP contribution in [-0.4, -0.2) is 23.5 Å². The lowest BCUT2D eigenvalue weighted by atomic mass is 9.93. The average molecular weight is 339 g/mol. The Labute approximate surface area is 144 Å². The van der Waals surface area contributed by atoms with Gasteiger partial charge >= 0.3 is 0 Å². The summed E-state index contributed by atoms with van der Waals surface area (Å²) in [6.07, 6.45) is 0.797. The molecular weight excluding hydrogens is 322 g/mol. The molecule has 1 N–H and O–H groups in total. The quantitative estimate of drug-likeness (QED) is 0.671. The molecule has 0 saturated carbocycles. The van der Waals surface area contributed by atoms with Gasteiger partial charge in [-0.15, -0.1) is 0 Å². The van der Waals surface area contributed by atoms with Crippen molar-refractivity contribution in [2.24, 2.45) is 5.10 Å². The minimum atomic E-state index is -0.375. The van der Waals surface area contributed by atoms with Crippen molar-refractivity contribution in [3.05, 3.63) is 62.7 Å². The van der Waals surface area contributed by atoms with Crippen LogP contribution < -0.4 is 14.9 Å². The van der Waals surface area contributed by atoms with Crippen LogP contribution in [0.3, 0.4) is 0 Å². The number of nitro groups is 1. The number of benzene rings is 2. The maximum atomic E-state index is 11.1. The second-order valence-corrected chi connectivity index (χ2v) is 6.32. The van der Waals surface area contributed by atoms with Crippen LogP contribution >= 0.6 is 0 Å². The number of hydrazone groups is 1. The van der Waals surface area contributed by atoms with E-state index in [0.29, 0.717) is 11.3 Å². The molecule has 25 heavy (non-hydrogen) atoms. The topological polar surface area (TPSA) is 86.0 Å². The fraction of sp³-hybridized carbons (Fsp3) is 0.278. The summed E-state index contributed by atoms with van der Waals surface area (Å²) in [6.45, 7) is 4.01. The van der Waals surface area contributed by atoms with Gasteiger partial charge in [-0.3, -0.25) is 10.1 Å². The van der Waals surface area contributed by atoms with Crippen molar-refractivity contribution in [3.63, 3.8) is 0 Å². The van der Waals surface area contributed by atoms with Crippen LogP contribution in [0.25, 0.3) is 0 Å². The van der Waals surface area contributed by atoms with Gasteiger partial charge in [0.1, 0.15) is 0 Å². The van der Waals surface area contributed by atoms with Gasteiger partial charge in [0.15, 0.2) is 11.5 Å². The zero-order valence-electron chi connectivity index (χ0n) is 13.9. The minimum Gasteiger partial charge on any atom is -0.454 e. The molecule has 4 rings (SSSR count). The predicted octanol–water partition coefficient (Wildman–Crippen LogP) is 2.92. The highest BCUT2D eigenvalue weighted by atomic mass is 16.7. The standard InChI is InChI=1S/C18H17N3O4/c1-10-5-12(3-4-15(10)21(22)23)18-14-8-17-16(24-9-25-17)7-13(14)6-11(2)19-20-18/h3-5,7-8,11,19H,6,9H2,1-2H3/t11-/m1/s1. The third-order valence-corrected chi connectivity index (χ3v) is 4.44. The monoisotopic (exact) mass is 339 g/mol. The third-order valence-electron chi connectivity index (χ3n) is 4.44. The number of nitro benzene ring substituents is 1. The average Bonchev–Trinajstić information content (AvgIpc) is 2.95. The molecule has 2 aliphatic heterocycles. The number of ether oxygens (including phenoxy) is 2. The van der Waals surface area contributed by atoms with Crippen LogP contribution in [0.5, 0.6) is 11.5 Å². The normalized spacial score (nSPS) is 18.0. The molecule has 2 aromatic carbocycles. The minimum absolute atomic E-state index is 0.102. The van der Waals surface area contributed by atoms with E-state index in [2.05, 4.69) is 17.5 Å². The Hall–Kier alpha value is -3.09. The largest absolute Gasteiger partial charge is 0.454 e. The molecular formula is C18H17N3O4. The first kappa shape index (κ1) is 15.4. The molecule has 1 atom stereocenters. The van der Waals surface area contributed by atoms with Gasteiger partial charge in [-0.05, 0) is 50.1 Å². The van der Waals surface area contributed by atoms with Gasteiger partial charge in [-0.2, -0.15) is 5.10 Å². The molecule has 0 saturated heterocycles. The van der Waals surface area contributed by atoms with E-state index in [0.717, 1.165) is 34.6 Å². The van der Waals surface area contributed by atoms with E-state index in [-0.39, 0.29) is 23.4 Å². The number of nitrogens with one attached hydrogen (secondary N) is 1. The van der Waals surface area contributed by atoms with E-state index in [9.17, 15) is 10.1 Å². The van der Waals surface area contributed by atoms with E-state index < -0.39 is 0 Å². The lowest BCUT2D eigenvalue weighted by Crippen LogP contribution is -2.22. The van der Waals surface area contributed by atoms with E-state index >= 15 is 0 Å². The molecule has 7 heteroatoms. The third kappa shape index (κ3) is 2.67. The Kier molecular flexibility index (Phi) is 3.56. The summed E-state index contributed by atoms with van der Waals surface area (Å²) in [4.78, 5) is 10.7. The van der Waals surface area contributed by atoms with Gasteiger partial charge in [0.2, 0.25) is 6.79 Å². The van der Waals surface area contributed by atoms with E-state index in [4.69, 9.17) is 9.47 Å². The van der Waals surface area contributed by atoms with E-state index in [1.165, 1.54) is 6.07 Å². The SMILES string of the molecule is Cc1cc(C2=NN[C@H](C)Cc3cc4c(cc32)OCO4)ccc1[N+](=O)[O-]. The highest BCUT2D eigenvalue weighted by molar-refractivity contribution is 6.14. The molecule has 0 bridgehead atoms. The van der Waals surface area contributed by atoms with Crippen molar-refractivity contribution < 1.29 is 14.4 Å². The molecule has 7 nitrogen and oxygen atoms in total. The zero-order chi connectivity index (χ0) is 17.6. The number of aryl methyl sites for hydroxylation is 1. The van der Waals surface area contributed by atoms with Crippen LogP contribution in [0.2, 0.25) is 0 Å². The van der Waals surface area contributed by atoms with Gasteiger partial charge in [-0.25, -0.2) is 0 Å². The Bertz CT molecular complexity index is 907. The molecule has 0 amide bonds. The highest BCUT2D eigenvalue weighted by Crippen LogP contribution is 2.37. The summed E-state index contributed by atoms with van der Waals surface area (Å²) in [6, 6.07) is 9.14. The van der Waals surface area contributed by atoms with Gasteiger partial charge in [0.25, 0.3) is 5.69 Å². The van der Waals surface area contributed by atoms with Gasteiger partial charge in [-0.1, -0.05) is 0 Å². The van der Waals surface area contributed by atoms with Crippen molar-refractivity contribution in [3.8, 4) is 11.5 Å². The first-order chi connectivity index (χ1) is 12.0. The summed E-state index contributed by atoms with van der Waals surface area (Å²) in [5.41, 5.74) is 7.48. The van der Waals surface area contributed by atoms with Crippen LogP contribution in [-0.2, 0) is 6.42 Å². The summed E-state index contributed by atoms with van der Waals surface area (Å²) in [5.74, 6) is 1.44. The summed E-state index contributed by atoms with van der Waals surface area (Å²) >= 11 is 0. The van der Waals surface area contributed by atoms with Crippen molar-refractivity contribution in [2.45, 2.75) is 26.3 Å². The Balaban J connectivity index is 1.85. The first-order valence-electron chi connectivity index (χ1n) is 8.04. The molecule has 0 aliphatic carbocycles. The molecule has 2 heterocycles. The van der Waals surface area contributed by atoms with Crippen LogP contribution in [0.4, 0.5) is 5.69 Å². The van der Waals surface area contributed by atoms with Crippen LogP contribution in [0.1, 0.15) is 29.2 Å². The number of fused-ring (bicyclic) bond motifs is 2. The van der Waals surface area contributed by atoms with Crippen molar-refractivity contribution in [1.29, 1.82) is 0 Å². The molecule has 0 radical (unpaired) electrons. The highest BCUT2D eigenvalue weighted by Gasteiger charge is 2.24. The second kappa shape index (κ2) is 5.77. The van der Waals surface area contributed by atoms with Crippen molar-refractivity contribution >= 4 is 11.4 Å². The van der Waals surface area contributed by atoms with Crippen molar-refractivity contribution in [1.82, 2.24) is 5.43 Å². The summed E-state index contributed by atoms with van der Waals surface area (Å²) in [7, 11) is 0. The van der Waals surface area contributed by atoms with Gasteiger partial charge in [0, 0.05) is 28.8 Å². The van der Waals surface area contributed by atoms with Gasteiger partial charge in [0.05, 0.1) is 10.6 Å². The molecule has 128 valence electrons. The molecule has 0 unspecified atom stereocenters. The lowest BCUT2D eigenvalue weighted by molar-refractivity contribution is -0.385. The lowest BCUT2D eigenvalue weighted by Gasteiger charge is -2.11. The maximum absolute atomic E-state index is 11.1. The van der Waals surface area contributed by atoms with Crippen molar-refractivity contribution in [2.75, 3.05) is 6.79 Å². The number of hydrogen-bond acceptors (Lipinski definition) is 6. The summed E-state index contributed by atoms with van der Waals surface area (Å²) < 4.78 is 11.0. The molecule has 2 aromatic rings. The second-order valence-electron chi connectivity index (χ2n) is 6.32. The molecule has 0 aromatic heterocycles. The zero-order valence-corrected chi connectivity index (χ0v) is 13.9. The molecule has 0 spiro atoms. The predicted molar refractivity (Wildman–Crippen MR) is 92.3 cm³/mol. The Morgan fingerprint density at radius 1 is 1.24 bits per heavy atom. The summed E-state index contributed by atoms with van der Waals surface area (Å²) in [5, 5.41) is 15.6. The fourth-order valence-electron chi connectivity index (χ4n) is 3.21. The number of hydrogen-bond donors (Lipinski definition) is 1. The Morgan fingerprint density at radius 3 is 2.72 bits per heavy atom. The molecule has 2 aliphatic rings. The Morgan fingerprint density at radius 2 is 2.00 bits per heavy atom. The maximum Gasteiger partial charge on any atom is 0.272 e. The first-order valence-corrected chi connectivity index (χ1v) is 8.04. The van der Waals surface area contributed by atoms with Crippen LogP contribution in [0.15, 0.2) is 35.4 Å². The number of rotatable bonds is 2. The number of nitrogens with zero attached hydrogens (tertiary/aromatic N) is 2. The fourth-order valence-corrected chi connectivity index (χ4v) is 3.21. The molecule has 0 fully saturated rings. The van der Waals surface area contributed by atoms with Gasteiger partial charge < -0.3 is 14.9 Å². The van der Waals surface area contributed by atoms with E-state index in [1.54, 1.807) is 19.1 Å². The smallest absolute Gasteiger partial charge is 0.272 e. The van der Waals surface area contributed by atoms with Crippen LogP contribution in [0, 0.1) is 17.0 Å². The van der Waals surface area contributed by atoms with E-state index in [1.807, 2.05) is 12.1 Å².